The van der Waals surface area contributed by atoms with E-state index < -0.39 is 12.7 Å². The van der Waals surface area contributed by atoms with E-state index in [0.717, 1.165) is 31.4 Å². The molecule has 0 radical (unpaired) electrons. The smallest absolute Gasteiger partial charge is 0.376 e. The van der Waals surface area contributed by atoms with E-state index in [-0.39, 0.29) is 0 Å². The molecule has 154 valence electrons. The Morgan fingerprint density at radius 3 is 2.72 bits per heavy atom. The van der Waals surface area contributed by atoms with Crippen LogP contribution in [0.2, 0.25) is 0 Å². The van der Waals surface area contributed by atoms with Crippen LogP contribution in [0.5, 0.6) is 0 Å². The molecular weight excluding hydrogens is 375 g/mol. The summed E-state index contributed by atoms with van der Waals surface area (Å²) in [6.45, 7) is 0.452. The third kappa shape index (κ3) is 4.75. The van der Waals surface area contributed by atoms with Gasteiger partial charge in [-0.15, -0.1) is 0 Å². The molecule has 0 fully saturated rings. The molecule has 0 saturated heterocycles. The van der Waals surface area contributed by atoms with Crippen molar-refractivity contribution in [2.45, 2.75) is 44.8 Å². The van der Waals surface area contributed by atoms with E-state index in [1.807, 2.05) is 6.07 Å². The zero-order valence-corrected chi connectivity index (χ0v) is 16.4. The average molecular weight is 401 g/mol. The first-order valence-corrected chi connectivity index (χ1v) is 10.2. The molecule has 0 saturated carbocycles. The fraction of sp³-hybridized carbons (Fsp3) is 0.391. The first-order valence-electron chi connectivity index (χ1n) is 10.2. The molecule has 1 aliphatic rings. The van der Waals surface area contributed by atoms with E-state index in [0.29, 0.717) is 12.2 Å². The standard InChI is InChI=1S/C23H26F3N3/c24-23(25,26)16-28-18-7-5-6-17(14-18)15-27-12-11-20-19-8-1-2-9-21(19)29-13-4-3-10-22(20)29/h3-7,10,13-14,27-28H,1-2,8-9,11-12,15-16H2. The van der Waals surface area contributed by atoms with Gasteiger partial charge in [0.05, 0.1) is 0 Å². The summed E-state index contributed by atoms with van der Waals surface area (Å²) in [6, 6.07) is 13.5. The molecule has 0 aliphatic heterocycles. The molecular formula is C23H26F3N3. The second-order valence-electron chi connectivity index (χ2n) is 7.66. The lowest BCUT2D eigenvalue weighted by Crippen LogP contribution is -2.21. The Hall–Kier alpha value is -2.47. The molecule has 6 heteroatoms. The number of aryl methyl sites for hydroxylation is 1. The Kier molecular flexibility index (Phi) is 5.81. The third-order valence-electron chi connectivity index (χ3n) is 5.56. The lowest BCUT2D eigenvalue weighted by atomic mass is 9.93. The summed E-state index contributed by atoms with van der Waals surface area (Å²) in [5, 5.41) is 5.89. The molecule has 0 atom stereocenters. The van der Waals surface area contributed by atoms with Crippen LogP contribution in [0.3, 0.4) is 0 Å². The van der Waals surface area contributed by atoms with Crippen molar-refractivity contribution >= 4 is 11.2 Å². The molecule has 3 aromatic rings. The number of nitrogens with zero attached hydrogens (tertiary/aromatic N) is 1. The molecule has 4 rings (SSSR count). The monoisotopic (exact) mass is 401 g/mol. The van der Waals surface area contributed by atoms with E-state index in [4.69, 9.17) is 0 Å². The van der Waals surface area contributed by atoms with Crippen molar-refractivity contribution < 1.29 is 13.2 Å². The Labute approximate surface area is 168 Å². The van der Waals surface area contributed by atoms with Crippen molar-refractivity contribution in [1.82, 2.24) is 9.72 Å². The number of hydrogen-bond acceptors (Lipinski definition) is 2. The molecule has 0 spiro atoms. The van der Waals surface area contributed by atoms with Gasteiger partial charge >= 0.3 is 6.18 Å². The van der Waals surface area contributed by atoms with Crippen molar-refractivity contribution in [2.24, 2.45) is 0 Å². The summed E-state index contributed by atoms with van der Waals surface area (Å²) >= 11 is 0. The van der Waals surface area contributed by atoms with Gasteiger partial charge in [-0.25, -0.2) is 0 Å². The molecule has 2 heterocycles. The van der Waals surface area contributed by atoms with Gasteiger partial charge in [0.1, 0.15) is 6.54 Å². The molecule has 0 unspecified atom stereocenters. The van der Waals surface area contributed by atoms with Gasteiger partial charge in [-0.2, -0.15) is 13.2 Å². The average Bonchev–Trinajstić information content (AvgIpc) is 3.04. The molecule has 0 amide bonds. The molecule has 2 aromatic heterocycles. The minimum absolute atomic E-state index is 0.495. The first-order chi connectivity index (χ1) is 14.0. The van der Waals surface area contributed by atoms with Gasteiger partial charge in [0.25, 0.3) is 0 Å². The van der Waals surface area contributed by atoms with Crippen molar-refractivity contribution in [1.29, 1.82) is 0 Å². The number of anilines is 1. The summed E-state index contributed by atoms with van der Waals surface area (Å²) < 4.78 is 39.5. The van der Waals surface area contributed by atoms with Crippen molar-refractivity contribution in [3.8, 4) is 0 Å². The number of halogens is 3. The Balaban J connectivity index is 1.37. The fourth-order valence-electron chi connectivity index (χ4n) is 4.28. The maximum Gasteiger partial charge on any atom is 0.405 e. The van der Waals surface area contributed by atoms with Crippen LogP contribution in [-0.4, -0.2) is 23.7 Å². The van der Waals surface area contributed by atoms with Crippen molar-refractivity contribution in [3.63, 3.8) is 0 Å². The van der Waals surface area contributed by atoms with Crippen LogP contribution < -0.4 is 10.6 Å². The van der Waals surface area contributed by atoms with Crippen molar-refractivity contribution in [2.75, 3.05) is 18.4 Å². The summed E-state index contributed by atoms with van der Waals surface area (Å²) in [6.07, 6.45) is 3.70. The number of pyridine rings is 1. The number of fused-ring (bicyclic) bond motifs is 3. The Bertz CT molecular complexity index is 975. The predicted octanol–water partition coefficient (Wildman–Crippen LogP) is 5.12. The lowest BCUT2D eigenvalue weighted by molar-refractivity contribution is -0.115. The third-order valence-corrected chi connectivity index (χ3v) is 5.56. The number of rotatable bonds is 7. The molecule has 3 nitrogen and oxygen atoms in total. The quantitative estimate of drug-likeness (QED) is 0.538. The summed E-state index contributed by atoms with van der Waals surface area (Å²) in [4.78, 5) is 0. The fourth-order valence-corrected chi connectivity index (χ4v) is 4.28. The molecule has 0 bridgehead atoms. The lowest BCUT2D eigenvalue weighted by Gasteiger charge is -2.14. The minimum atomic E-state index is -4.21. The number of hydrogen-bond donors (Lipinski definition) is 2. The van der Waals surface area contributed by atoms with Gasteiger partial charge in [0.2, 0.25) is 0 Å². The molecule has 2 N–H and O–H groups in total. The van der Waals surface area contributed by atoms with E-state index >= 15 is 0 Å². The normalized spacial score (nSPS) is 14.2. The van der Waals surface area contributed by atoms with Gasteiger partial charge in [-0.05, 0) is 79.6 Å². The number of nitrogens with one attached hydrogen (secondary N) is 2. The largest absolute Gasteiger partial charge is 0.405 e. The number of alkyl halides is 3. The zero-order valence-electron chi connectivity index (χ0n) is 16.4. The summed E-state index contributed by atoms with van der Waals surface area (Å²) in [5.41, 5.74) is 7.19. The summed E-state index contributed by atoms with van der Waals surface area (Å²) in [5.74, 6) is 0. The summed E-state index contributed by atoms with van der Waals surface area (Å²) in [7, 11) is 0. The highest BCUT2D eigenvalue weighted by Crippen LogP contribution is 2.30. The van der Waals surface area contributed by atoms with E-state index in [1.54, 1.807) is 18.2 Å². The molecule has 1 aliphatic carbocycles. The van der Waals surface area contributed by atoms with Gasteiger partial charge in [0, 0.05) is 29.6 Å². The van der Waals surface area contributed by atoms with Crippen LogP contribution >= 0.6 is 0 Å². The number of benzene rings is 1. The number of aromatic nitrogens is 1. The zero-order chi connectivity index (χ0) is 20.3. The highest BCUT2D eigenvalue weighted by atomic mass is 19.4. The minimum Gasteiger partial charge on any atom is -0.376 e. The maximum atomic E-state index is 12.4. The second-order valence-corrected chi connectivity index (χ2v) is 7.66. The van der Waals surface area contributed by atoms with Crippen LogP contribution in [0.1, 0.15) is 35.2 Å². The van der Waals surface area contributed by atoms with Crippen LogP contribution in [-0.2, 0) is 25.8 Å². The predicted molar refractivity (Wildman–Crippen MR) is 110 cm³/mol. The first kappa shape index (κ1) is 19.8. The molecule has 1 aromatic carbocycles. The van der Waals surface area contributed by atoms with E-state index in [9.17, 15) is 13.2 Å². The SMILES string of the molecule is FC(F)(F)CNc1cccc(CNCCc2c3c(n4ccccc24)CCCC3)c1. The van der Waals surface area contributed by atoms with E-state index in [2.05, 4.69) is 39.4 Å². The topological polar surface area (TPSA) is 28.5 Å². The highest BCUT2D eigenvalue weighted by molar-refractivity contribution is 5.62. The highest BCUT2D eigenvalue weighted by Gasteiger charge is 2.26. The van der Waals surface area contributed by atoms with Crippen LogP contribution in [0.15, 0.2) is 48.7 Å². The van der Waals surface area contributed by atoms with Gasteiger partial charge in [-0.3, -0.25) is 0 Å². The van der Waals surface area contributed by atoms with Crippen LogP contribution in [0, 0.1) is 0 Å². The Morgan fingerprint density at radius 1 is 1.00 bits per heavy atom. The maximum absolute atomic E-state index is 12.4. The second kappa shape index (κ2) is 8.49. The van der Waals surface area contributed by atoms with Crippen LogP contribution in [0.4, 0.5) is 18.9 Å². The van der Waals surface area contributed by atoms with Gasteiger partial charge in [-0.1, -0.05) is 18.2 Å². The van der Waals surface area contributed by atoms with E-state index in [1.165, 1.54) is 35.2 Å². The Morgan fingerprint density at radius 2 is 1.86 bits per heavy atom. The van der Waals surface area contributed by atoms with Gasteiger partial charge < -0.3 is 15.0 Å². The van der Waals surface area contributed by atoms with Gasteiger partial charge in [0.15, 0.2) is 0 Å². The molecule has 29 heavy (non-hydrogen) atoms. The van der Waals surface area contributed by atoms with Crippen LogP contribution in [0.25, 0.3) is 5.52 Å². The van der Waals surface area contributed by atoms with Crippen molar-refractivity contribution in [3.05, 3.63) is 71.0 Å².